The van der Waals surface area contributed by atoms with Gasteiger partial charge in [0.05, 0.1) is 12.7 Å². The van der Waals surface area contributed by atoms with Gasteiger partial charge in [-0.15, -0.1) is 0 Å². The summed E-state index contributed by atoms with van der Waals surface area (Å²) in [6.45, 7) is 7.02. The van der Waals surface area contributed by atoms with Crippen LogP contribution in [0.15, 0.2) is 0 Å². The van der Waals surface area contributed by atoms with Gasteiger partial charge in [-0.3, -0.25) is 0 Å². The van der Waals surface area contributed by atoms with Crippen LogP contribution in [0.2, 0.25) is 0 Å². The van der Waals surface area contributed by atoms with Crippen molar-refractivity contribution < 1.29 is 9.47 Å². The van der Waals surface area contributed by atoms with Gasteiger partial charge in [-0.1, -0.05) is 0 Å². The molecular weight excluding hydrogens is 154 g/mol. The van der Waals surface area contributed by atoms with Gasteiger partial charge in [0.2, 0.25) is 0 Å². The summed E-state index contributed by atoms with van der Waals surface area (Å²) in [5, 5.41) is 0. The summed E-state index contributed by atoms with van der Waals surface area (Å²) in [5.74, 6) is 0. The number of ether oxygens (including phenoxy) is 2. The molecule has 0 rings (SSSR count). The molecule has 0 aromatic heterocycles. The van der Waals surface area contributed by atoms with Crippen LogP contribution in [-0.4, -0.2) is 32.5 Å². The molecule has 12 heavy (non-hydrogen) atoms. The maximum atomic E-state index is 5.37. The first-order valence-corrected chi connectivity index (χ1v) is 4.66. The lowest BCUT2D eigenvalue weighted by Gasteiger charge is -2.06. The smallest absolute Gasteiger partial charge is 0.0588 e. The Hall–Kier alpha value is -0.120. The topological polar surface area (TPSA) is 44.5 Å². The van der Waals surface area contributed by atoms with E-state index in [9.17, 15) is 0 Å². The Kier molecular flexibility index (Phi) is 8.88. The van der Waals surface area contributed by atoms with E-state index in [1.165, 1.54) is 0 Å². The SMILES string of the molecule is CC(C)OCCCCOCCN. The van der Waals surface area contributed by atoms with Gasteiger partial charge in [0.25, 0.3) is 0 Å². The highest BCUT2D eigenvalue weighted by Gasteiger charge is 1.92. The predicted octanol–water partition coefficient (Wildman–Crippen LogP) is 1.17. The molecule has 0 amide bonds. The van der Waals surface area contributed by atoms with Crippen LogP contribution in [0, 0.1) is 0 Å². The third-order valence-corrected chi connectivity index (χ3v) is 1.40. The largest absolute Gasteiger partial charge is 0.380 e. The van der Waals surface area contributed by atoms with E-state index in [4.69, 9.17) is 15.2 Å². The summed E-state index contributed by atoms with van der Waals surface area (Å²) in [5.41, 5.74) is 5.26. The Labute approximate surface area is 75.2 Å². The molecule has 0 bridgehead atoms. The van der Waals surface area contributed by atoms with Crippen molar-refractivity contribution in [3.8, 4) is 0 Å². The van der Waals surface area contributed by atoms with Gasteiger partial charge in [0.15, 0.2) is 0 Å². The zero-order chi connectivity index (χ0) is 9.23. The van der Waals surface area contributed by atoms with Crippen LogP contribution in [0.4, 0.5) is 0 Å². The second-order valence-electron chi connectivity index (χ2n) is 3.03. The van der Waals surface area contributed by atoms with Crippen LogP contribution in [-0.2, 0) is 9.47 Å². The van der Waals surface area contributed by atoms with E-state index in [1.54, 1.807) is 0 Å². The minimum atomic E-state index is 0.343. The van der Waals surface area contributed by atoms with Crippen LogP contribution in [0.1, 0.15) is 26.7 Å². The highest BCUT2D eigenvalue weighted by Crippen LogP contribution is 1.94. The van der Waals surface area contributed by atoms with E-state index in [0.717, 1.165) is 26.1 Å². The highest BCUT2D eigenvalue weighted by atomic mass is 16.5. The van der Waals surface area contributed by atoms with Gasteiger partial charge in [0.1, 0.15) is 0 Å². The van der Waals surface area contributed by atoms with Crippen molar-refractivity contribution in [3.63, 3.8) is 0 Å². The number of unbranched alkanes of at least 4 members (excludes halogenated alkanes) is 1. The number of rotatable bonds is 8. The first-order chi connectivity index (χ1) is 5.77. The highest BCUT2D eigenvalue weighted by molar-refractivity contribution is 4.41. The van der Waals surface area contributed by atoms with Crippen molar-refractivity contribution in [1.82, 2.24) is 0 Å². The van der Waals surface area contributed by atoms with E-state index in [0.29, 0.717) is 19.3 Å². The zero-order valence-electron chi connectivity index (χ0n) is 8.21. The molecule has 0 spiro atoms. The second-order valence-corrected chi connectivity index (χ2v) is 3.03. The molecule has 0 aliphatic carbocycles. The Balaban J connectivity index is 2.82. The standard InChI is InChI=1S/C9H21NO2/c1-9(2)12-7-4-3-6-11-8-5-10/h9H,3-8,10H2,1-2H3. The molecule has 3 heteroatoms. The van der Waals surface area contributed by atoms with Crippen molar-refractivity contribution in [2.75, 3.05) is 26.4 Å². The van der Waals surface area contributed by atoms with E-state index < -0.39 is 0 Å². The molecule has 0 saturated heterocycles. The average Bonchev–Trinajstić information content (AvgIpc) is 2.02. The van der Waals surface area contributed by atoms with Crippen molar-refractivity contribution in [2.45, 2.75) is 32.8 Å². The summed E-state index contributed by atoms with van der Waals surface area (Å²) in [6, 6.07) is 0. The second kappa shape index (κ2) is 8.97. The molecule has 0 aromatic carbocycles. The van der Waals surface area contributed by atoms with Crippen molar-refractivity contribution in [1.29, 1.82) is 0 Å². The van der Waals surface area contributed by atoms with Gasteiger partial charge in [-0.25, -0.2) is 0 Å². The quantitative estimate of drug-likeness (QED) is 0.563. The van der Waals surface area contributed by atoms with Gasteiger partial charge >= 0.3 is 0 Å². The molecular formula is C9H21NO2. The minimum absolute atomic E-state index is 0.343. The molecule has 0 aliphatic rings. The maximum Gasteiger partial charge on any atom is 0.0588 e. The summed E-state index contributed by atoms with van der Waals surface area (Å²) in [4.78, 5) is 0. The fourth-order valence-corrected chi connectivity index (χ4v) is 0.811. The first kappa shape index (κ1) is 11.9. The maximum absolute atomic E-state index is 5.37. The van der Waals surface area contributed by atoms with Gasteiger partial charge in [0, 0.05) is 19.8 Å². The summed E-state index contributed by atoms with van der Waals surface area (Å²) in [7, 11) is 0. The van der Waals surface area contributed by atoms with Crippen LogP contribution in [0.3, 0.4) is 0 Å². The zero-order valence-corrected chi connectivity index (χ0v) is 8.21. The van der Waals surface area contributed by atoms with Crippen molar-refractivity contribution in [2.24, 2.45) is 5.73 Å². The third-order valence-electron chi connectivity index (χ3n) is 1.40. The third kappa shape index (κ3) is 9.88. The predicted molar refractivity (Wildman–Crippen MR) is 50.2 cm³/mol. The molecule has 0 fully saturated rings. The molecule has 2 N–H and O–H groups in total. The van der Waals surface area contributed by atoms with Crippen LogP contribution in [0.5, 0.6) is 0 Å². The molecule has 74 valence electrons. The number of hydrogen-bond donors (Lipinski definition) is 1. The van der Waals surface area contributed by atoms with Crippen LogP contribution < -0.4 is 5.73 Å². The lowest BCUT2D eigenvalue weighted by atomic mass is 10.3. The first-order valence-electron chi connectivity index (χ1n) is 4.66. The van der Waals surface area contributed by atoms with Gasteiger partial charge < -0.3 is 15.2 Å². The Morgan fingerprint density at radius 3 is 2.33 bits per heavy atom. The molecule has 0 unspecified atom stereocenters. The van der Waals surface area contributed by atoms with E-state index >= 15 is 0 Å². The minimum Gasteiger partial charge on any atom is -0.380 e. The van der Waals surface area contributed by atoms with E-state index in [-0.39, 0.29) is 0 Å². The van der Waals surface area contributed by atoms with Crippen molar-refractivity contribution in [3.05, 3.63) is 0 Å². The van der Waals surface area contributed by atoms with E-state index in [2.05, 4.69) is 0 Å². The summed E-state index contributed by atoms with van der Waals surface area (Å²) in [6.07, 6.45) is 2.48. The molecule has 0 aromatic rings. The van der Waals surface area contributed by atoms with E-state index in [1.807, 2.05) is 13.8 Å². The van der Waals surface area contributed by atoms with Gasteiger partial charge in [-0.05, 0) is 26.7 Å². The number of nitrogens with two attached hydrogens (primary N) is 1. The van der Waals surface area contributed by atoms with Gasteiger partial charge in [-0.2, -0.15) is 0 Å². The van der Waals surface area contributed by atoms with Crippen molar-refractivity contribution >= 4 is 0 Å². The molecule has 0 radical (unpaired) electrons. The molecule has 0 saturated carbocycles. The fraction of sp³-hybridized carbons (Fsp3) is 1.00. The molecule has 0 aliphatic heterocycles. The summed E-state index contributed by atoms with van der Waals surface area (Å²) < 4.78 is 10.6. The Morgan fingerprint density at radius 2 is 1.75 bits per heavy atom. The van der Waals surface area contributed by atoms with Crippen LogP contribution in [0.25, 0.3) is 0 Å². The molecule has 3 nitrogen and oxygen atoms in total. The Bertz CT molecular complexity index is 86.6. The molecule has 0 heterocycles. The number of hydrogen-bond acceptors (Lipinski definition) is 3. The summed E-state index contributed by atoms with van der Waals surface area (Å²) >= 11 is 0. The Morgan fingerprint density at radius 1 is 1.08 bits per heavy atom. The molecule has 0 atom stereocenters. The average molecular weight is 175 g/mol. The fourth-order valence-electron chi connectivity index (χ4n) is 0.811. The normalized spacial score (nSPS) is 11.0. The lowest BCUT2D eigenvalue weighted by molar-refractivity contribution is 0.0673. The van der Waals surface area contributed by atoms with Crippen LogP contribution >= 0.6 is 0 Å². The monoisotopic (exact) mass is 175 g/mol. The lowest BCUT2D eigenvalue weighted by Crippen LogP contribution is -2.10.